The molecule has 0 aromatic rings. The summed E-state index contributed by atoms with van der Waals surface area (Å²) in [6.45, 7) is 4.29. The van der Waals surface area contributed by atoms with Crippen molar-refractivity contribution in [1.82, 2.24) is 0 Å². The SMILES string of the molecule is CSC/C=C/CCC=C(C)C. The molecule has 0 amide bonds. The molecule has 0 heterocycles. The molecule has 0 atom stereocenters. The summed E-state index contributed by atoms with van der Waals surface area (Å²) >= 11 is 1.86. The number of unbranched alkanes of at least 4 members (excludes halogenated alkanes) is 1. The Hall–Kier alpha value is -0.170. The van der Waals surface area contributed by atoms with E-state index < -0.39 is 0 Å². The Bertz CT molecular complexity index is 130. The number of thioether (sulfide) groups is 1. The van der Waals surface area contributed by atoms with Crippen LogP contribution in [0.3, 0.4) is 0 Å². The third-order valence-corrected chi connectivity index (χ3v) is 1.84. The molecule has 0 bridgehead atoms. The summed E-state index contributed by atoms with van der Waals surface area (Å²) in [5.74, 6) is 1.15. The maximum atomic E-state index is 2.28. The molecule has 0 saturated carbocycles. The Labute approximate surface area is 74.8 Å². The Morgan fingerprint density at radius 1 is 1.18 bits per heavy atom. The van der Waals surface area contributed by atoms with Gasteiger partial charge in [0.25, 0.3) is 0 Å². The summed E-state index contributed by atoms with van der Waals surface area (Å²) in [4.78, 5) is 0. The van der Waals surface area contributed by atoms with Crippen molar-refractivity contribution >= 4 is 11.8 Å². The van der Waals surface area contributed by atoms with Crippen LogP contribution in [0.2, 0.25) is 0 Å². The topological polar surface area (TPSA) is 0 Å². The van der Waals surface area contributed by atoms with Gasteiger partial charge in [-0.15, -0.1) is 0 Å². The van der Waals surface area contributed by atoms with E-state index in [0.717, 1.165) is 5.75 Å². The lowest BCUT2D eigenvalue weighted by molar-refractivity contribution is 1.03. The molecule has 0 aromatic heterocycles. The quantitative estimate of drug-likeness (QED) is 0.448. The first-order valence-electron chi connectivity index (χ1n) is 4.04. The molecule has 0 rings (SSSR count). The van der Waals surface area contributed by atoms with Crippen LogP contribution in [0.5, 0.6) is 0 Å². The van der Waals surface area contributed by atoms with Crippen molar-refractivity contribution in [3.8, 4) is 0 Å². The van der Waals surface area contributed by atoms with Crippen LogP contribution in [0.1, 0.15) is 26.7 Å². The van der Waals surface area contributed by atoms with Crippen molar-refractivity contribution in [2.75, 3.05) is 12.0 Å². The van der Waals surface area contributed by atoms with Crippen molar-refractivity contribution in [1.29, 1.82) is 0 Å². The zero-order valence-corrected chi connectivity index (χ0v) is 8.58. The van der Waals surface area contributed by atoms with E-state index in [1.165, 1.54) is 18.4 Å². The van der Waals surface area contributed by atoms with E-state index in [1.807, 2.05) is 11.8 Å². The van der Waals surface area contributed by atoms with E-state index in [9.17, 15) is 0 Å². The van der Waals surface area contributed by atoms with Gasteiger partial charge in [0.1, 0.15) is 0 Å². The van der Waals surface area contributed by atoms with Crippen LogP contribution in [0.4, 0.5) is 0 Å². The molecule has 0 unspecified atom stereocenters. The molecule has 0 aliphatic rings. The highest BCUT2D eigenvalue weighted by molar-refractivity contribution is 7.98. The summed E-state index contributed by atoms with van der Waals surface area (Å²) in [7, 11) is 0. The minimum atomic E-state index is 1.15. The van der Waals surface area contributed by atoms with Gasteiger partial charge in [-0.25, -0.2) is 0 Å². The fourth-order valence-electron chi connectivity index (χ4n) is 0.750. The van der Waals surface area contributed by atoms with Crippen LogP contribution in [0.15, 0.2) is 23.8 Å². The molecule has 0 fully saturated rings. The summed E-state index contributed by atoms with van der Waals surface area (Å²) in [5.41, 5.74) is 1.42. The second-order valence-electron chi connectivity index (χ2n) is 2.79. The average molecular weight is 170 g/mol. The van der Waals surface area contributed by atoms with Gasteiger partial charge in [0, 0.05) is 5.75 Å². The predicted molar refractivity (Wildman–Crippen MR) is 56.2 cm³/mol. The second-order valence-corrected chi connectivity index (χ2v) is 3.70. The number of allylic oxidation sites excluding steroid dienone is 3. The van der Waals surface area contributed by atoms with E-state index in [4.69, 9.17) is 0 Å². The van der Waals surface area contributed by atoms with Crippen LogP contribution < -0.4 is 0 Å². The first kappa shape index (κ1) is 10.8. The first-order chi connectivity index (χ1) is 5.27. The molecular weight excluding hydrogens is 152 g/mol. The van der Waals surface area contributed by atoms with Gasteiger partial charge >= 0.3 is 0 Å². The monoisotopic (exact) mass is 170 g/mol. The van der Waals surface area contributed by atoms with Gasteiger partial charge in [0.15, 0.2) is 0 Å². The summed E-state index contributed by atoms with van der Waals surface area (Å²) in [6, 6.07) is 0. The van der Waals surface area contributed by atoms with Gasteiger partial charge in [-0.3, -0.25) is 0 Å². The third-order valence-electron chi connectivity index (χ3n) is 1.32. The number of hydrogen-bond acceptors (Lipinski definition) is 1. The smallest absolute Gasteiger partial charge is 0.0110 e. The van der Waals surface area contributed by atoms with Gasteiger partial charge < -0.3 is 0 Å². The van der Waals surface area contributed by atoms with E-state index in [-0.39, 0.29) is 0 Å². The Morgan fingerprint density at radius 3 is 2.45 bits per heavy atom. The maximum Gasteiger partial charge on any atom is 0.0110 e. The van der Waals surface area contributed by atoms with E-state index in [0.29, 0.717) is 0 Å². The third kappa shape index (κ3) is 9.83. The molecule has 64 valence electrons. The van der Waals surface area contributed by atoms with E-state index in [2.05, 4.69) is 38.3 Å². The van der Waals surface area contributed by atoms with E-state index in [1.54, 1.807) is 0 Å². The van der Waals surface area contributed by atoms with Crippen LogP contribution in [0, 0.1) is 0 Å². The van der Waals surface area contributed by atoms with Crippen molar-refractivity contribution in [2.45, 2.75) is 26.7 Å². The average Bonchev–Trinajstić information content (AvgIpc) is 1.96. The van der Waals surface area contributed by atoms with Crippen LogP contribution in [0.25, 0.3) is 0 Å². The van der Waals surface area contributed by atoms with Crippen molar-refractivity contribution in [3.63, 3.8) is 0 Å². The van der Waals surface area contributed by atoms with Gasteiger partial charge in [0.05, 0.1) is 0 Å². The van der Waals surface area contributed by atoms with Gasteiger partial charge in [-0.2, -0.15) is 11.8 Å². The van der Waals surface area contributed by atoms with E-state index >= 15 is 0 Å². The lowest BCUT2D eigenvalue weighted by Crippen LogP contribution is -1.70. The minimum Gasteiger partial charge on any atom is -0.161 e. The molecule has 0 nitrogen and oxygen atoms in total. The molecule has 0 aliphatic carbocycles. The molecule has 0 aromatic carbocycles. The molecule has 0 spiro atoms. The van der Waals surface area contributed by atoms with Gasteiger partial charge in [-0.05, 0) is 32.9 Å². The molecular formula is C10H18S. The first-order valence-corrected chi connectivity index (χ1v) is 5.44. The summed E-state index contributed by atoms with van der Waals surface area (Å²) < 4.78 is 0. The highest BCUT2D eigenvalue weighted by atomic mass is 32.2. The Balaban J connectivity index is 3.20. The standard InChI is InChI=1S/C10H18S/c1-10(2)8-6-4-5-7-9-11-3/h5,7-8H,4,6,9H2,1-3H3/b7-5+. The molecule has 0 radical (unpaired) electrons. The Morgan fingerprint density at radius 2 is 1.91 bits per heavy atom. The highest BCUT2D eigenvalue weighted by Gasteiger charge is 1.78. The number of hydrogen-bond donors (Lipinski definition) is 0. The zero-order chi connectivity index (χ0) is 8.53. The molecule has 0 aliphatic heterocycles. The lowest BCUT2D eigenvalue weighted by atomic mass is 10.2. The fourth-order valence-corrected chi connectivity index (χ4v) is 1.08. The van der Waals surface area contributed by atoms with Crippen LogP contribution in [-0.4, -0.2) is 12.0 Å². The number of rotatable bonds is 5. The lowest BCUT2D eigenvalue weighted by Gasteiger charge is -1.89. The summed E-state index contributed by atoms with van der Waals surface area (Å²) in [5, 5.41) is 0. The molecule has 1 heteroatoms. The second kappa shape index (κ2) is 7.93. The Kier molecular flexibility index (Phi) is 7.81. The van der Waals surface area contributed by atoms with Crippen LogP contribution >= 0.6 is 11.8 Å². The zero-order valence-electron chi connectivity index (χ0n) is 7.76. The molecule has 0 saturated heterocycles. The highest BCUT2D eigenvalue weighted by Crippen LogP contribution is 1.99. The minimum absolute atomic E-state index is 1.15. The van der Waals surface area contributed by atoms with Crippen molar-refractivity contribution < 1.29 is 0 Å². The van der Waals surface area contributed by atoms with Crippen molar-refractivity contribution in [2.24, 2.45) is 0 Å². The van der Waals surface area contributed by atoms with Crippen LogP contribution in [-0.2, 0) is 0 Å². The maximum absolute atomic E-state index is 2.28. The largest absolute Gasteiger partial charge is 0.161 e. The summed E-state index contributed by atoms with van der Waals surface area (Å²) in [6.07, 6.45) is 11.3. The molecule has 11 heavy (non-hydrogen) atoms. The van der Waals surface area contributed by atoms with Gasteiger partial charge in [-0.1, -0.05) is 23.8 Å². The molecule has 0 N–H and O–H groups in total. The predicted octanol–water partition coefficient (Wildman–Crippen LogP) is 3.65. The van der Waals surface area contributed by atoms with Crippen molar-refractivity contribution in [3.05, 3.63) is 23.8 Å². The van der Waals surface area contributed by atoms with Gasteiger partial charge in [0.2, 0.25) is 0 Å². The normalized spacial score (nSPS) is 10.5. The fraction of sp³-hybridized carbons (Fsp3) is 0.600.